The highest BCUT2D eigenvalue weighted by Crippen LogP contribution is 2.25. The van der Waals surface area contributed by atoms with Crippen LogP contribution in [0.25, 0.3) is 0 Å². The second-order valence-corrected chi connectivity index (χ2v) is 10.9. The van der Waals surface area contributed by atoms with E-state index in [1.807, 2.05) is 11.8 Å². The van der Waals surface area contributed by atoms with Gasteiger partial charge in [-0.2, -0.15) is 17.0 Å². The van der Waals surface area contributed by atoms with E-state index in [9.17, 15) is 13.2 Å². The molecule has 2 heterocycles. The van der Waals surface area contributed by atoms with Crippen LogP contribution in [0.3, 0.4) is 0 Å². The number of nitrogens with zero attached hydrogens (tertiary/aromatic N) is 4. The quantitative estimate of drug-likeness (QED) is 0.688. The zero-order chi connectivity index (χ0) is 20.3. The van der Waals surface area contributed by atoms with Crippen LogP contribution in [0, 0.1) is 5.92 Å². The van der Waals surface area contributed by atoms with Crippen LogP contribution in [0.1, 0.15) is 58.8 Å². The van der Waals surface area contributed by atoms with Gasteiger partial charge in [0.1, 0.15) is 0 Å². The summed E-state index contributed by atoms with van der Waals surface area (Å²) in [6.45, 7) is 8.09. The maximum Gasteiger partial charge on any atom is 0.282 e. The minimum absolute atomic E-state index is 0.138. The lowest BCUT2D eigenvalue weighted by molar-refractivity contribution is -0.138. The lowest BCUT2D eigenvalue weighted by atomic mass is 9.96. The average Bonchev–Trinajstić information content (AvgIpc) is 2.73. The molecule has 0 bridgehead atoms. The highest BCUT2D eigenvalue weighted by atomic mass is 32.2. The number of amides is 1. The van der Waals surface area contributed by atoms with Gasteiger partial charge in [0.2, 0.25) is 5.91 Å². The van der Waals surface area contributed by atoms with Crippen molar-refractivity contribution in [2.45, 2.75) is 70.9 Å². The molecule has 0 aromatic rings. The van der Waals surface area contributed by atoms with Crippen LogP contribution in [-0.4, -0.2) is 91.1 Å². The van der Waals surface area contributed by atoms with Gasteiger partial charge in [-0.15, -0.1) is 0 Å². The van der Waals surface area contributed by atoms with Crippen molar-refractivity contribution in [3.05, 3.63) is 0 Å². The molecule has 1 saturated carbocycles. The summed E-state index contributed by atoms with van der Waals surface area (Å²) in [6, 6.07) is -0.0342. The number of hydrogen-bond acceptors (Lipinski definition) is 4. The van der Waals surface area contributed by atoms with Crippen LogP contribution in [0.15, 0.2) is 0 Å². The zero-order valence-corrected chi connectivity index (χ0v) is 18.7. The van der Waals surface area contributed by atoms with Gasteiger partial charge in [0.05, 0.1) is 6.04 Å². The fourth-order valence-corrected chi connectivity index (χ4v) is 6.36. The Morgan fingerprint density at radius 1 is 0.929 bits per heavy atom. The maximum atomic E-state index is 13.0. The molecule has 1 unspecified atom stereocenters. The smallest absolute Gasteiger partial charge is 0.282 e. The van der Waals surface area contributed by atoms with Crippen LogP contribution < -0.4 is 0 Å². The molecule has 2 saturated heterocycles. The van der Waals surface area contributed by atoms with E-state index in [1.54, 1.807) is 15.7 Å². The molecule has 1 atom stereocenters. The van der Waals surface area contributed by atoms with Gasteiger partial charge >= 0.3 is 0 Å². The summed E-state index contributed by atoms with van der Waals surface area (Å²) in [6.07, 6.45) is 7.55. The summed E-state index contributed by atoms with van der Waals surface area (Å²) in [5.74, 6) is 0.900. The Kier molecular flexibility index (Phi) is 7.39. The minimum atomic E-state index is -3.41. The van der Waals surface area contributed by atoms with E-state index in [1.165, 1.54) is 6.42 Å². The Balaban J connectivity index is 1.52. The number of piperidine rings is 1. The Morgan fingerprint density at radius 2 is 1.50 bits per heavy atom. The normalized spacial score (nSPS) is 25.9. The molecule has 0 radical (unpaired) electrons. The monoisotopic (exact) mass is 414 g/mol. The Hall–Kier alpha value is -0.700. The van der Waals surface area contributed by atoms with Crippen LogP contribution >= 0.6 is 0 Å². The molecule has 2 aliphatic heterocycles. The van der Waals surface area contributed by atoms with Gasteiger partial charge in [-0.1, -0.05) is 26.2 Å². The molecule has 0 aromatic carbocycles. The molecule has 3 fully saturated rings. The van der Waals surface area contributed by atoms with Crippen molar-refractivity contribution in [2.24, 2.45) is 5.92 Å². The molecular formula is C20H38N4O3S. The van der Waals surface area contributed by atoms with Gasteiger partial charge in [-0.25, -0.2) is 0 Å². The topological polar surface area (TPSA) is 64.2 Å². The molecular weight excluding hydrogens is 376 g/mol. The van der Waals surface area contributed by atoms with Crippen molar-refractivity contribution in [1.29, 1.82) is 0 Å². The van der Waals surface area contributed by atoms with Gasteiger partial charge in [0.15, 0.2) is 0 Å². The van der Waals surface area contributed by atoms with E-state index in [2.05, 4.69) is 11.8 Å². The number of carbonyl (C=O) groups excluding carboxylic acids is 1. The Bertz CT molecular complexity index is 619. The number of carbonyl (C=O) groups is 1. The molecule has 162 valence electrons. The van der Waals surface area contributed by atoms with Crippen molar-refractivity contribution in [2.75, 3.05) is 46.3 Å². The lowest BCUT2D eigenvalue weighted by Gasteiger charge is -2.41. The van der Waals surface area contributed by atoms with Crippen LogP contribution in [-0.2, 0) is 15.0 Å². The first-order chi connectivity index (χ1) is 13.3. The van der Waals surface area contributed by atoms with Crippen LogP contribution in [0.2, 0.25) is 0 Å². The van der Waals surface area contributed by atoms with Crippen LogP contribution in [0.4, 0.5) is 0 Å². The minimum Gasteiger partial charge on any atom is -0.341 e. The predicted octanol–water partition coefficient (Wildman–Crippen LogP) is 1.76. The van der Waals surface area contributed by atoms with E-state index in [0.29, 0.717) is 32.1 Å². The molecule has 0 N–H and O–H groups in total. The van der Waals surface area contributed by atoms with Crippen molar-refractivity contribution in [3.8, 4) is 0 Å². The van der Waals surface area contributed by atoms with Crippen LogP contribution in [0.5, 0.6) is 0 Å². The van der Waals surface area contributed by atoms with Gasteiger partial charge in [-0.05, 0) is 38.5 Å². The summed E-state index contributed by atoms with van der Waals surface area (Å²) in [5.41, 5.74) is 0. The van der Waals surface area contributed by atoms with Gasteiger partial charge in [0.25, 0.3) is 10.2 Å². The summed E-state index contributed by atoms with van der Waals surface area (Å²) in [7, 11) is -1.68. The Morgan fingerprint density at radius 3 is 2.07 bits per heavy atom. The predicted molar refractivity (Wildman–Crippen MR) is 111 cm³/mol. The third kappa shape index (κ3) is 4.89. The fourth-order valence-electron chi connectivity index (χ4n) is 4.79. The van der Waals surface area contributed by atoms with Gasteiger partial charge < -0.3 is 4.90 Å². The molecule has 0 spiro atoms. The van der Waals surface area contributed by atoms with E-state index in [0.717, 1.165) is 51.6 Å². The molecule has 3 rings (SSSR count). The molecule has 0 aromatic heterocycles. The number of piperazine rings is 1. The third-order valence-electron chi connectivity index (χ3n) is 7.05. The molecule has 1 amide bonds. The number of rotatable bonds is 5. The second kappa shape index (κ2) is 9.41. The first-order valence-electron chi connectivity index (χ1n) is 11.1. The second-order valence-electron chi connectivity index (χ2n) is 8.93. The number of hydrogen-bond donors (Lipinski definition) is 0. The van der Waals surface area contributed by atoms with E-state index in [-0.39, 0.29) is 18.0 Å². The maximum absolute atomic E-state index is 13.0. The van der Waals surface area contributed by atoms with Gasteiger partial charge in [-0.3, -0.25) is 9.69 Å². The molecule has 1 aliphatic carbocycles. The van der Waals surface area contributed by atoms with E-state index < -0.39 is 10.2 Å². The van der Waals surface area contributed by atoms with Crippen molar-refractivity contribution in [3.63, 3.8) is 0 Å². The Labute approximate surface area is 171 Å². The molecule has 7 nitrogen and oxygen atoms in total. The molecule has 8 heteroatoms. The van der Waals surface area contributed by atoms with E-state index >= 15 is 0 Å². The fraction of sp³-hybridized carbons (Fsp3) is 0.950. The standard InChI is InChI=1S/C20H38N4O3S/c1-17-9-11-23(12-10-17)20(25)18(2)22-13-15-24(16-14-22)28(26,27)21(3)19-7-5-4-6-8-19/h17-19H,4-16H2,1-3H3. The summed E-state index contributed by atoms with van der Waals surface area (Å²) >= 11 is 0. The first-order valence-corrected chi connectivity index (χ1v) is 12.5. The van der Waals surface area contributed by atoms with Crippen molar-refractivity contribution in [1.82, 2.24) is 18.4 Å². The largest absolute Gasteiger partial charge is 0.341 e. The average molecular weight is 415 g/mol. The first kappa shape index (κ1) is 22.0. The van der Waals surface area contributed by atoms with E-state index in [4.69, 9.17) is 0 Å². The number of likely N-dealkylation sites (tertiary alicyclic amines) is 1. The summed E-state index contributed by atoms with van der Waals surface area (Å²) in [5, 5.41) is 0. The molecule has 3 aliphatic rings. The highest BCUT2D eigenvalue weighted by molar-refractivity contribution is 7.86. The third-order valence-corrected chi connectivity index (χ3v) is 9.10. The SMILES string of the molecule is CC1CCN(C(=O)C(C)N2CCN(S(=O)(=O)N(C)C3CCCCC3)CC2)CC1. The van der Waals surface area contributed by atoms with Crippen molar-refractivity contribution < 1.29 is 13.2 Å². The highest BCUT2D eigenvalue weighted by Gasteiger charge is 2.37. The summed E-state index contributed by atoms with van der Waals surface area (Å²) < 4.78 is 29.3. The van der Waals surface area contributed by atoms with Gasteiger partial charge in [0, 0.05) is 52.4 Å². The molecule has 28 heavy (non-hydrogen) atoms. The van der Waals surface area contributed by atoms with Crippen molar-refractivity contribution >= 4 is 16.1 Å². The zero-order valence-electron chi connectivity index (χ0n) is 17.8. The lowest BCUT2D eigenvalue weighted by Crippen LogP contribution is -2.58. The summed E-state index contributed by atoms with van der Waals surface area (Å²) in [4.78, 5) is 17.0.